The van der Waals surface area contributed by atoms with E-state index in [-0.39, 0.29) is 17.4 Å². The van der Waals surface area contributed by atoms with E-state index < -0.39 is 5.91 Å². The molecular weight excluding hydrogens is 402 g/mol. The van der Waals surface area contributed by atoms with Gasteiger partial charge in [0.15, 0.2) is 17.8 Å². The minimum Gasteiger partial charge on any atom is -0.443 e. The number of hydrogen-bond donors (Lipinski definition) is 1. The summed E-state index contributed by atoms with van der Waals surface area (Å²) in [6.45, 7) is 1.49. The molecule has 30 heavy (non-hydrogen) atoms. The summed E-state index contributed by atoms with van der Waals surface area (Å²) in [5, 5.41) is 3.37. The number of nitrogens with one attached hydrogen (secondary N) is 1. The second kappa shape index (κ2) is 9.13. The van der Waals surface area contributed by atoms with Crippen molar-refractivity contribution in [3.05, 3.63) is 71.2 Å². The smallest absolute Gasteiger partial charge is 0.278 e. The first-order valence-corrected chi connectivity index (χ1v) is 10.4. The van der Waals surface area contributed by atoms with Gasteiger partial charge in [0.1, 0.15) is 0 Å². The number of halogens is 1. The Hall–Kier alpha value is -3.12. The van der Waals surface area contributed by atoms with E-state index in [1.807, 2.05) is 17.0 Å². The van der Waals surface area contributed by atoms with Crippen LogP contribution in [0.3, 0.4) is 0 Å². The summed E-state index contributed by atoms with van der Waals surface area (Å²) in [6.07, 6.45) is 5.51. The Labute approximate surface area is 179 Å². The van der Waals surface area contributed by atoms with Crippen molar-refractivity contribution < 1.29 is 14.0 Å². The monoisotopic (exact) mass is 423 g/mol. The molecule has 1 fully saturated rings. The van der Waals surface area contributed by atoms with Crippen molar-refractivity contribution in [2.24, 2.45) is 0 Å². The maximum Gasteiger partial charge on any atom is 0.278 e. The van der Waals surface area contributed by atoms with E-state index >= 15 is 0 Å². The number of likely N-dealkylation sites (tertiary alicyclic amines) is 1. The molecule has 0 radical (unpaired) electrons. The highest BCUT2D eigenvalue weighted by atomic mass is 35.5. The van der Waals surface area contributed by atoms with E-state index in [2.05, 4.69) is 10.3 Å². The Balaban J connectivity index is 1.63. The maximum atomic E-state index is 13.2. The SMILES string of the molecule is O=C(Nc1ccc(Cl)cc1)c1ncoc1-c1ccccc1C(=O)N1CCCCCC1. The lowest BCUT2D eigenvalue weighted by molar-refractivity contribution is 0.0762. The first kappa shape index (κ1) is 20.2. The summed E-state index contributed by atoms with van der Waals surface area (Å²) < 4.78 is 5.57. The topological polar surface area (TPSA) is 75.4 Å². The van der Waals surface area contributed by atoms with Gasteiger partial charge in [0, 0.05) is 29.4 Å². The minimum absolute atomic E-state index is 0.0482. The van der Waals surface area contributed by atoms with Gasteiger partial charge in [0.05, 0.1) is 5.56 Å². The number of hydrogen-bond acceptors (Lipinski definition) is 4. The van der Waals surface area contributed by atoms with E-state index in [0.717, 1.165) is 38.8 Å². The fraction of sp³-hybridized carbons (Fsp3) is 0.261. The van der Waals surface area contributed by atoms with Crippen LogP contribution >= 0.6 is 11.6 Å². The zero-order valence-corrected chi connectivity index (χ0v) is 17.2. The molecule has 4 rings (SSSR count). The van der Waals surface area contributed by atoms with Gasteiger partial charge in [-0.1, -0.05) is 42.6 Å². The molecule has 0 atom stereocenters. The lowest BCUT2D eigenvalue weighted by Gasteiger charge is -2.21. The highest BCUT2D eigenvalue weighted by Crippen LogP contribution is 2.29. The Morgan fingerprint density at radius 2 is 1.67 bits per heavy atom. The van der Waals surface area contributed by atoms with Crippen LogP contribution in [0.1, 0.15) is 46.5 Å². The number of oxazole rings is 1. The van der Waals surface area contributed by atoms with E-state index in [1.54, 1.807) is 36.4 Å². The van der Waals surface area contributed by atoms with Gasteiger partial charge >= 0.3 is 0 Å². The van der Waals surface area contributed by atoms with Crippen molar-refractivity contribution in [3.8, 4) is 11.3 Å². The predicted octanol–water partition coefficient (Wildman–Crippen LogP) is 5.26. The summed E-state index contributed by atoms with van der Waals surface area (Å²) >= 11 is 5.90. The number of carbonyl (C=O) groups excluding carboxylic acids is 2. The molecule has 0 bridgehead atoms. The van der Waals surface area contributed by atoms with Crippen LogP contribution < -0.4 is 5.32 Å². The predicted molar refractivity (Wildman–Crippen MR) is 116 cm³/mol. The second-order valence-corrected chi connectivity index (χ2v) is 7.68. The van der Waals surface area contributed by atoms with Gasteiger partial charge in [-0.15, -0.1) is 0 Å². The standard InChI is InChI=1S/C23H22ClN3O3/c24-16-9-11-17(12-10-16)26-22(28)20-21(30-15-25-20)18-7-3-4-8-19(18)23(29)27-13-5-1-2-6-14-27/h3-4,7-12,15H,1-2,5-6,13-14H2,(H,26,28). The highest BCUT2D eigenvalue weighted by molar-refractivity contribution is 6.30. The number of nitrogens with zero attached hydrogens (tertiary/aromatic N) is 2. The molecule has 1 saturated heterocycles. The summed E-state index contributed by atoms with van der Waals surface area (Å²) in [5.41, 5.74) is 1.79. The third-order valence-corrected chi connectivity index (χ3v) is 5.43. The van der Waals surface area contributed by atoms with E-state index in [0.29, 0.717) is 21.8 Å². The van der Waals surface area contributed by atoms with Crippen molar-refractivity contribution in [3.63, 3.8) is 0 Å². The van der Waals surface area contributed by atoms with Crippen LogP contribution in [0, 0.1) is 0 Å². The van der Waals surface area contributed by atoms with Crippen LogP contribution in [0.15, 0.2) is 59.3 Å². The van der Waals surface area contributed by atoms with Gasteiger partial charge in [-0.3, -0.25) is 9.59 Å². The number of amides is 2. The molecule has 7 heteroatoms. The van der Waals surface area contributed by atoms with Gasteiger partial charge in [-0.05, 0) is 43.2 Å². The number of carbonyl (C=O) groups is 2. The van der Waals surface area contributed by atoms with Gasteiger partial charge in [0.25, 0.3) is 11.8 Å². The van der Waals surface area contributed by atoms with Crippen molar-refractivity contribution in [2.45, 2.75) is 25.7 Å². The summed E-state index contributed by atoms with van der Waals surface area (Å²) in [5.74, 6) is -0.189. The zero-order valence-electron chi connectivity index (χ0n) is 16.4. The van der Waals surface area contributed by atoms with Crippen molar-refractivity contribution in [1.29, 1.82) is 0 Å². The lowest BCUT2D eigenvalue weighted by Crippen LogP contribution is -2.32. The Bertz CT molecular complexity index is 1040. The Morgan fingerprint density at radius 3 is 2.40 bits per heavy atom. The summed E-state index contributed by atoms with van der Waals surface area (Å²) in [7, 11) is 0. The van der Waals surface area contributed by atoms with E-state index in [1.165, 1.54) is 6.39 Å². The third-order valence-electron chi connectivity index (χ3n) is 5.18. The number of rotatable bonds is 4. The summed E-state index contributed by atoms with van der Waals surface area (Å²) in [4.78, 5) is 32.0. The van der Waals surface area contributed by atoms with Crippen LogP contribution in [0.5, 0.6) is 0 Å². The largest absolute Gasteiger partial charge is 0.443 e. The molecule has 2 amide bonds. The molecule has 3 aromatic rings. The molecule has 1 aliphatic heterocycles. The van der Waals surface area contributed by atoms with E-state index in [9.17, 15) is 9.59 Å². The molecule has 154 valence electrons. The molecule has 0 aliphatic carbocycles. The fourth-order valence-corrected chi connectivity index (χ4v) is 3.76. The molecule has 2 heterocycles. The molecule has 1 aliphatic rings. The lowest BCUT2D eigenvalue weighted by atomic mass is 10.0. The number of anilines is 1. The molecule has 0 unspecified atom stereocenters. The van der Waals surface area contributed by atoms with Crippen LogP contribution in [0.2, 0.25) is 5.02 Å². The van der Waals surface area contributed by atoms with Gasteiger partial charge < -0.3 is 14.6 Å². The van der Waals surface area contributed by atoms with E-state index in [4.69, 9.17) is 16.0 Å². The van der Waals surface area contributed by atoms with Crippen molar-refractivity contribution >= 4 is 29.1 Å². The molecule has 6 nitrogen and oxygen atoms in total. The molecule has 1 aromatic heterocycles. The van der Waals surface area contributed by atoms with Crippen LogP contribution in [0.4, 0.5) is 5.69 Å². The highest BCUT2D eigenvalue weighted by Gasteiger charge is 2.25. The average molecular weight is 424 g/mol. The third kappa shape index (κ3) is 4.39. The molecule has 2 aromatic carbocycles. The van der Waals surface area contributed by atoms with Gasteiger partial charge in [-0.25, -0.2) is 4.98 Å². The van der Waals surface area contributed by atoms with Crippen molar-refractivity contribution in [1.82, 2.24) is 9.88 Å². The van der Waals surface area contributed by atoms with Gasteiger partial charge in [0.2, 0.25) is 0 Å². The average Bonchev–Trinajstić information content (AvgIpc) is 3.10. The summed E-state index contributed by atoms with van der Waals surface area (Å²) in [6, 6.07) is 14.0. The fourth-order valence-electron chi connectivity index (χ4n) is 3.63. The van der Waals surface area contributed by atoms with Crippen molar-refractivity contribution in [2.75, 3.05) is 18.4 Å². The number of benzene rings is 2. The molecule has 0 spiro atoms. The number of aromatic nitrogens is 1. The molecule has 0 saturated carbocycles. The molecular formula is C23H22ClN3O3. The molecule has 1 N–H and O–H groups in total. The van der Waals surface area contributed by atoms with Crippen LogP contribution in [-0.4, -0.2) is 34.8 Å². The Kier molecular flexibility index (Phi) is 6.14. The quantitative estimate of drug-likeness (QED) is 0.620. The van der Waals surface area contributed by atoms with Gasteiger partial charge in [-0.2, -0.15) is 0 Å². The first-order valence-electron chi connectivity index (χ1n) is 10.0. The Morgan fingerprint density at radius 1 is 0.967 bits per heavy atom. The second-order valence-electron chi connectivity index (χ2n) is 7.24. The first-order chi connectivity index (χ1) is 14.6. The van der Waals surface area contributed by atoms with Crippen LogP contribution in [0.25, 0.3) is 11.3 Å². The maximum absolute atomic E-state index is 13.2. The minimum atomic E-state index is -0.418. The zero-order chi connectivity index (χ0) is 20.9. The normalized spacial score (nSPS) is 14.2. The van der Waals surface area contributed by atoms with Crippen LogP contribution in [-0.2, 0) is 0 Å².